The molecule has 0 unspecified atom stereocenters. The van der Waals surface area contributed by atoms with Gasteiger partial charge in [-0.2, -0.15) is 0 Å². The van der Waals surface area contributed by atoms with E-state index in [1.807, 2.05) is 12.1 Å². The summed E-state index contributed by atoms with van der Waals surface area (Å²) in [5.74, 6) is 2.41. The summed E-state index contributed by atoms with van der Waals surface area (Å²) in [7, 11) is 3.18. The fraction of sp³-hybridized carbons (Fsp3) is 0.174. The molecule has 0 fully saturated rings. The number of allylic oxidation sites excluding steroid dienone is 3. The van der Waals surface area contributed by atoms with Crippen LogP contribution in [0.25, 0.3) is 6.08 Å². The molecule has 0 aromatic heterocycles. The number of carbonyl (C=O) groups is 1. The summed E-state index contributed by atoms with van der Waals surface area (Å²) < 4.78 is 16.4. The first-order chi connectivity index (χ1) is 13.0. The molecule has 0 bridgehead atoms. The lowest BCUT2D eigenvalue weighted by molar-refractivity contribution is 0.104. The first-order valence-electron chi connectivity index (χ1n) is 8.50. The smallest absolute Gasteiger partial charge is 0.185 e. The highest BCUT2D eigenvalue weighted by molar-refractivity contribution is 6.07. The van der Waals surface area contributed by atoms with Crippen molar-refractivity contribution in [3.63, 3.8) is 0 Å². The number of ether oxygens (including phenoxy) is 3. The molecule has 0 spiro atoms. The van der Waals surface area contributed by atoms with E-state index in [1.54, 1.807) is 57.6 Å². The van der Waals surface area contributed by atoms with Crippen LogP contribution >= 0.6 is 0 Å². The van der Waals surface area contributed by atoms with Gasteiger partial charge in [-0.3, -0.25) is 4.79 Å². The molecule has 0 radical (unpaired) electrons. The van der Waals surface area contributed by atoms with E-state index in [2.05, 4.69) is 13.2 Å². The van der Waals surface area contributed by atoms with E-state index in [0.29, 0.717) is 35.0 Å². The molecule has 0 aliphatic carbocycles. The zero-order valence-corrected chi connectivity index (χ0v) is 16.0. The van der Waals surface area contributed by atoms with Crippen LogP contribution < -0.4 is 14.2 Å². The Bertz CT molecular complexity index is 861. The second-order valence-electron chi connectivity index (χ2n) is 5.89. The SMILES string of the molecule is C=CCc1ccc(OC)c(C=CC(=O)c2ccc(OC(=C)C)cc2)c1OC. The summed E-state index contributed by atoms with van der Waals surface area (Å²) in [5.41, 5.74) is 2.25. The van der Waals surface area contributed by atoms with Crippen molar-refractivity contribution in [3.05, 3.63) is 84.2 Å². The molecule has 2 aromatic carbocycles. The van der Waals surface area contributed by atoms with Crippen LogP contribution in [-0.4, -0.2) is 20.0 Å². The molecule has 140 valence electrons. The van der Waals surface area contributed by atoms with Crippen LogP contribution in [0.15, 0.2) is 67.5 Å². The Hall–Kier alpha value is -3.27. The lowest BCUT2D eigenvalue weighted by Crippen LogP contribution is -1.99. The Morgan fingerprint density at radius 3 is 2.33 bits per heavy atom. The number of hydrogen-bond acceptors (Lipinski definition) is 4. The number of ketones is 1. The maximum Gasteiger partial charge on any atom is 0.185 e. The monoisotopic (exact) mass is 364 g/mol. The van der Waals surface area contributed by atoms with Crippen molar-refractivity contribution in [2.24, 2.45) is 0 Å². The Kier molecular flexibility index (Phi) is 7.00. The van der Waals surface area contributed by atoms with E-state index >= 15 is 0 Å². The molecule has 0 saturated heterocycles. The average Bonchev–Trinajstić information content (AvgIpc) is 2.66. The van der Waals surface area contributed by atoms with Gasteiger partial charge in [-0.1, -0.05) is 18.7 Å². The van der Waals surface area contributed by atoms with Gasteiger partial charge in [0.05, 0.1) is 25.5 Å². The zero-order chi connectivity index (χ0) is 19.8. The third-order valence-electron chi connectivity index (χ3n) is 3.86. The molecule has 4 heteroatoms. The standard InChI is InChI=1S/C23H24O4/c1-6-7-18-10-15-22(25-4)20(23(18)26-5)13-14-21(24)17-8-11-19(12-9-17)27-16(2)3/h6,8-15H,1-2,7H2,3-5H3. The first kappa shape index (κ1) is 20.0. The molecule has 0 heterocycles. The molecular formula is C23H24O4. The Morgan fingerprint density at radius 1 is 1.07 bits per heavy atom. The number of methoxy groups -OCH3 is 2. The van der Waals surface area contributed by atoms with Crippen molar-refractivity contribution < 1.29 is 19.0 Å². The van der Waals surface area contributed by atoms with Crippen molar-refractivity contribution in [2.45, 2.75) is 13.3 Å². The van der Waals surface area contributed by atoms with Crippen molar-refractivity contribution in [2.75, 3.05) is 14.2 Å². The molecule has 4 nitrogen and oxygen atoms in total. The van der Waals surface area contributed by atoms with Gasteiger partial charge in [-0.15, -0.1) is 6.58 Å². The Morgan fingerprint density at radius 2 is 1.78 bits per heavy atom. The van der Waals surface area contributed by atoms with Gasteiger partial charge in [0.2, 0.25) is 0 Å². The normalized spacial score (nSPS) is 10.5. The predicted octanol–water partition coefficient (Wildman–Crippen LogP) is 5.24. The summed E-state index contributed by atoms with van der Waals surface area (Å²) in [6.07, 6.45) is 5.68. The highest BCUT2D eigenvalue weighted by atomic mass is 16.5. The predicted molar refractivity (Wildman–Crippen MR) is 109 cm³/mol. The second-order valence-corrected chi connectivity index (χ2v) is 5.89. The van der Waals surface area contributed by atoms with E-state index in [4.69, 9.17) is 14.2 Å². The number of hydrogen-bond donors (Lipinski definition) is 0. The molecule has 0 N–H and O–H groups in total. The quantitative estimate of drug-likeness (QED) is 0.264. The Labute approximate surface area is 160 Å². The molecule has 0 aliphatic rings. The largest absolute Gasteiger partial charge is 0.496 e. The highest BCUT2D eigenvalue weighted by Crippen LogP contribution is 2.34. The van der Waals surface area contributed by atoms with E-state index in [0.717, 1.165) is 11.1 Å². The molecule has 0 amide bonds. The van der Waals surface area contributed by atoms with Gasteiger partial charge < -0.3 is 14.2 Å². The van der Waals surface area contributed by atoms with Gasteiger partial charge in [0.25, 0.3) is 0 Å². The first-order valence-corrected chi connectivity index (χ1v) is 8.50. The third-order valence-corrected chi connectivity index (χ3v) is 3.86. The van der Waals surface area contributed by atoms with Crippen LogP contribution in [-0.2, 0) is 6.42 Å². The molecule has 0 aliphatic heterocycles. The van der Waals surface area contributed by atoms with E-state index < -0.39 is 0 Å². The maximum atomic E-state index is 12.5. The van der Waals surface area contributed by atoms with Crippen molar-refractivity contribution in [3.8, 4) is 17.2 Å². The van der Waals surface area contributed by atoms with Crippen molar-refractivity contribution >= 4 is 11.9 Å². The zero-order valence-electron chi connectivity index (χ0n) is 16.0. The molecule has 0 saturated carbocycles. The topological polar surface area (TPSA) is 44.8 Å². The lowest BCUT2D eigenvalue weighted by Gasteiger charge is -2.14. The maximum absolute atomic E-state index is 12.5. The van der Waals surface area contributed by atoms with Gasteiger partial charge in [0.15, 0.2) is 5.78 Å². The van der Waals surface area contributed by atoms with Gasteiger partial charge in [0.1, 0.15) is 17.2 Å². The highest BCUT2D eigenvalue weighted by Gasteiger charge is 2.13. The number of benzene rings is 2. The number of rotatable bonds is 9. The summed E-state index contributed by atoms with van der Waals surface area (Å²) in [5, 5.41) is 0. The average molecular weight is 364 g/mol. The minimum Gasteiger partial charge on any atom is -0.496 e. The van der Waals surface area contributed by atoms with Crippen LogP contribution in [0.4, 0.5) is 0 Å². The van der Waals surface area contributed by atoms with Crippen molar-refractivity contribution in [1.82, 2.24) is 0 Å². The fourth-order valence-corrected chi connectivity index (χ4v) is 2.66. The molecule has 0 atom stereocenters. The third kappa shape index (κ3) is 5.11. The second kappa shape index (κ2) is 9.43. The lowest BCUT2D eigenvalue weighted by atomic mass is 10.0. The van der Waals surface area contributed by atoms with E-state index in [-0.39, 0.29) is 5.78 Å². The van der Waals surface area contributed by atoms with E-state index in [9.17, 15) is 4.79 Å². The molecule has 2 aromatic rings. The van der Waals surface area contributed by atoms with Crippen molar-refractivity contribution in [1.29, 1.82) is 0 Å². The van der Waals surface area contributed by atoms with Gasteiger partial charge in [-0.25, -0.2) is 0 Å². The minimum atomic E-state index is -0.130. The van der Waals surface area contributed by atoms with Crippen LogP contribution in [0.2, 0.25) is 0 Å². The minimum absolute atomic E-state index is 0.130. The summed E-state index contributed by atoms with van der Waals surface area (Å²) >= 11 is 0. The summed E-state index contributed by atoms with van der Waals surface area (Å²) in [6.45, 7) is 9.23. The molecule has 27 heavy (non-hydrogen) atoms. The van der Waals surface area contributed by atoms with Gasteiger partial charge >= 0.3 is 0 Å². The van der Waals surface area contributed by atoms with Gasteiger partial charge in [0, 0.05) is 5.56 Å². The van der Waals surface area contributed by atoms with Crippen LogP contribution in [0.1, 0.15) is 28.4 Å². The number of carbonyl (C=O) groups excluding carboxylic acids is 1. The summed E-state index contributed by atoms with van der Waals surface area (Å²) in [6, 6.07) is 10.7. The van der Waals surface area contributed by atoms with Crippen LogP contribution in [0, 0.1) is 0 Å². The van der Waals surface area contributed by atoms with Crippen LogP contribution in [0.3, 0.4) is 0 Å². The summed E-state index contributed by atoms with van der Waals surface area (Å²) in [4.78, 5) is 12.5. The molecule has 2 rings (SSSR count). The fourth-order valence-electron chi connectivity index (χ4n) is 2.66. The van der Waals surface area contributed by atoms with Gasteiger partial charge in [-0.05, 0) is 61.4 Å². The van der Waals surface area contributed by atoms with Crippen LogP contribution in [0.5, 0.6) is 17.2 Å². The Balaban J connectivity index is 2.30. The molecular weight excluding hydrogens is 340 g/mol. The van der Waals surface area contributed by atoms with E-state index in [1.165, 1.54) is 6.08 Å².